The van der Waals surface area contributed by atoms with Crippen molar-refractivity contribution in [2.75, 3.05) is 33.2 Å². The van der Waals surface area contributed by atoms with Crippen LogP contribution >= 0.6 is 0 Å². The molecule has 2 saturated heterocycles. The Morgan fingerprint density at radius 1 is 1.25 bits per heavy atom. The summed E-state index contributed by atoms with van der Waals surface area (Å²) in [6.07, 6.45) is 2.20. The molecule has 0 radical (unpaired) electrons. The molecular weight excluding hydrogens is 152 g/mol. The van der Waals surface area contributed by atoms with Crippen LogP contribution in [0.5, 0.6) is 0 Å². The van der Waals surface area contributed by atoms with E-state index < -0.39 is 0 Å². The fourth-order valence-electron chi connectivity index (χ4n) is 2.53. The molecule has 1 amide bonds. The van der Waals surface area contributed by atoms with E-state index in [0.717, 1.165) is 31.3 Å². The van der Waals surface area contributed by atoms with Crippen LogP contribution < -0.4 is 0 Å². The SMILES string of the molecule is CN1CC2CCN(C=O)CC2C1. The van der Waals surface area contributed by atoms with E-state index in [2.05, 4.69) is 11.9 Å². The van der Waals surface area contributed by atoms with Crippen LogP contribution in [0.25, 0.3) is 0 Å². The zero-order valence-electron chi connectivity index (χ0n) is 7.57. The summed E-state index contributed by atoms with van der Waals surface area (Å²) < 4.78 is 0. The topological polar surface area (TPSA) is 23.6 Å². The van der Waals surface area contributed by atoms with Crippen LogP contribution in [0.4, 0.5) is 0 Å². The smallest absolute Gasteiger partial charge is 0.209 e. The molecular formula is C9H16N2O. The van der Waals surface area contributed by atoms with Gasteiger partial charge < -0.3 is 9.80 Å². The molecule has 2 aliphatic rings. The molecule has 2 heterocycles. The van der Waals surface area contributed by atoms with E-state index >= 15 is 0 Å². The van der Waals surface area contributed by atoms with Gasteiger partial charge in [-0.15, -0.1) is 0 Å². The van der Waals surface area contributed by atoms with Gasteiger partial charge in [0.25, 0.3) is 0 Å². The molecule has 2 rings (SSSR count). The second kappa shape index (κ2) is 3.05. The molecule has 2 fully saturated rings. The van der Waals surface area contributed by atoms with Crippen LogP contribution in [0, 0.1) is 11.8 Å². The minimum absolute atomic E-state index is 0.744. The predicted molar refractivity (Wildman–Crippen MR) is 46.7 cm³/mol. The molecule has 0 aromatic carbocycles. The van der Waals surface area contributed by atoms with Crippen molar-refractivity contribution in [3.05, 3.63) is 0 Å². The molecule has 0 aliphatic carbocycles. The number of hydrogen-bond acceptors (Lipinski definition) is 2. The zero-order valence-corrected chi connectivity index (χ0v) is 7.57. The average molecular weight is 168 g/mol. The summed E-state index contributed by atoms with van der Waals surface area (Å²) in [5, 5.41) is 0. The molecule has 3 heteroatoms. The van der Waals surface area contributed by atoms with Crippen LogP contribution in [-0.4, -0.2) is 49.4 Å². The van der Waals surface area contributed by atoms with E-state index in [1.165, 1.54) is 19.5 Å². The van der Waals surface area contributed by atoms with Crippen LogP contribution in [0.1, 0.15) is 6.42 Å². The van der Waals surface area contributed by atoms with Crippen molar-refractivity contribution in [2.24, 2.45) is 11.8 Å². The number of carbonyl (C=O) groups excluding carboxylic acids is 1. The van der Waals surface area contributed by atoms with Gasteiger partial charge in [-0.2, -0.15) is 0 Å². The first kappa shape index (κ1) is 8.05. The average Bonchev–Trinajstić information content (AvgIpc) is 2.43. The number of amides is 1. The molecule has 2 atom stereocenters. The molecule has 0 bridgehead atoms. The molecule has 2 aliphatic heterocycles. The van der Waals surface area contributed by atoms with Gasteiger partial charge in [-0.1, -0.05) is 0 Å². The number of carbonyl (C=O) groups is 1. The highest BCUT2D eigenvalue weighted by molar-refractivity contribution is 5.47. The van der Waals surface area contributed by atoms with Gasteiger partial charge in [0.05, 0.1) is 0 Å². The molecule has 0 aromatic heterocycles. The highest BCUT2D eigenvalue weighted by Crippen LogP contribution is 2.29. The lowest BCUT2D eigenvalue weighted by Crippen LogP contribution is -2.38. The third kappa shape index (κ3) is 1.33. The van der Waals surface area contributed by atoms with Gasteiger partial charge >= 0.3 is 0 Å². The molecule has 0 saturated carbocycles. The summed E-state index contributed by atoms with van der Waals surface area (Å²) in [5.41, 5.74) is 0. The molecule has 68 valence electrons. The van der Waals surface area contributed by atoms with Gasteiger partial charge in [-0.25, -0.2) is 0 Å². The fourth-order valence-corrected chi connectivity index (χ4v) is 2.53. The van der Waals surface area contributed by atoms with Gasteiger partial charge in [0.2, 0.25) is 6.41 Å². The summed E-state index contributed by atoms with van der Waals surface area (Å²) in [7, 11) is 2.17. The van der Waals surface area contributed by atoms with Crippen molar-refractivity contribution in [1.29, 1.82) is 0 Å². The summed E-state index contributed by atoms with van der Waals surface area (Å²) in [6.45, 7) is 4.36. The monoisotopic (exact) mass is 168 g/mol. The van der Waals surface area contributed by atoms with Gasteiger partial charge in [0.1, 0.15) is 0 Å². The maximum Gasteiger partial charge on any atom is 0.209 e. The summed E-state index contributed by atoms with van der Waals surface area (Å²) in [6, 6.07) is 0. The van der Waals surface area contributed by atoms with Crippen molar-refractivity contribution in [1.82, 2.24) is 9.80 Å². The van der Waals surface area contributed by atoms with E-state index in [4.69, 9.17) is 0 Å². The van der Waals surface area contributed by atoms with Gasteiger partial charge in [-0.05, 0) is 25.3 Å². The molecule has 2 unspecified atom stereocenters. The van der Waals surface area contributed by atoms with Crippen molar-refractivity contribution >= 4 is 6.41 Å². The van der Waals surface area contributed by atoms with E-state index in [1.54, 1.807) is 0 Å². The first-order valence-corrected chi connectivity index (χ1v) is 4.67. The normalized spacial score (nSPS) is 36.6. The van der Waals surface area contributed by atoms with E-state index in [0.29, 0.717) is 0 Å². The number of fused-ring (bicyclic) bond motifs is 1. The molecule has 3 nitrogen and oxygen atoms in total. The van der Waals surface area contributed by atoms with E-state index in [-0.39, 0.29) is 0 Å². The Bertz CT molecular complexity index is 183. The van der Waals surface area contributed by atoms with Gasteiger partial charge in [0, 0.05) is 26.2 Å². The number of nitrogens with zero attached hydrogens (tertiary/aromatic N) is 2. The van der Waals surface area contributed by atoms with Crippen LogP contribution in [-0.2, 0) is 4.79 Å². The van der Waals surface area contributed by atoms with E-state index in [9.17, 15) is 4.79 Å². The molecule has 0 spiro atoms. The van der Waals surface area contributed by atoms with Crippen LogP contribution in [0.15, 0.2) is 0 Å². The Balaban J connectivity index is 1.97. The highest BCUT2D eigenvalue weighted by Gasteiger charge is 2.34. The maximum absolute atomic E-state index is 10.5. The maximum atomic E-state index is 10.5. The highest BCUT2D eigenvalue weighted by atomic mass is 16.1. The van der Waals surface area contributed by atoms with Crippen LogP contribution in [0.2, 0.25) is 0 Å². The number of rotatable bonds is 1. The molecule has 0 aromatic rings. The summed E-state index contributed by atoms with van der Waals surface area (Å²) in [5.74, 6) is 1.60. The summed E-state index contributed by atoms with van der Waals surface area (Å²) in [4.78, 5) is 14.8. The summed E-state index contributed by atoms with van der Waals surface area (Å²) >= 11 is 0. The minimum Gasteiger partial charge on any atom is -0.345 e. The Morgan fingerprint density at radius 2 is 2.00 bits per heavy atom. The van der Waals surface area contributed by atoms with E-state index in [1.807, 2.05) is 4.90 Å². The number of piperidine rings is 1. The minimum atomic E-state index is 0.744. The first-order chi connectivity index (χ1) is 5.79. The lowest BCUT2D eigenvalue weighted by molar-refractivity contribution is -0.120. The predicted octanol–water partition coefficient (Wildman–Crippen LogP) is 0.0263. The van der Waals surface area contributed by atoms with Gasteiger partial charge in [0.15, 0.2) is 0 Å². The van der Waals surface area contributed by atoms with Gasteiger partial charge in [-0.3, -0.25) is 4.79 Å². The van der Waals surface area contributed by atoms with Crippen LogP contribution in [0.3, 0.4) is 0 Å². The van der Waals surface area contributed by atoms with Crippen molar-refractivity contribution < 1.29 is 4.79 Å². The third-order valence-electron chi connectivity index (χ3n) is 3.16. The number of hydrogen-bond donors (Lipinski definition) is 0. The Morgan fingerprint density at radius 3 is 2.75 bits per heavy atom. The van der Waals surface area contributed by atoms with Crippen molar-refractivity contribution in [3.8, 4) is 0 Å². The second-order valence-corrected chi connectivity index (χ2v) is 4.13. The quantitative estimate of drug-likeness (QED) is 0.516. The Kier molecular flexibility index (Phi) is 2.05. The second-order valence-electron chi connectivity index (χ2n) is 4.13. The molecule has 12 heavy (non-hydrogen) atoms. The standard InChI is InChI=1S/C9H16N2O/c1-10-4-8-2-3-11(7-12)6-9(8)5-10/h7-9H,2-6H2,1H3. The fraction of sp³-hybridized carbons (Fsp3) is 0.889. The number of likely N-dealkylation sites (tertiary alicyclic amines) is 2. The lowest BCUT2D eigenvalue weighted by atomic mass is 9.89. The Labute approximate surface area is 73.3 Å². The Hall–Kier alpha value is -0.570. The zero-order chi connectivity index (χ0) is 8.55. The first-order valence-electron chi connectivity index (χ1n) is 4.67. The lowest BCUT2D eigenvalue weighted by Gasteiger charge is -2.31. The third-order valence-corrected chi connectivity index (χ3v) is 3.16. The van der Waals surface area contributed by atoms with Crippen molar-refractivity contribution in [3.63, 3.8) is 0 Å². The van der Waals surface area contributed by atoms with Crippen molar-refractivity contribution in [2.45, 2.75) is 6.42 Å². The largest absolute Gasteiger partial charge is 0.345 e. The molecule has 0 N–H and O–H groups in total.